The van der Waals surface area contributed by atoms with Gasteiger partial charge in [0.25, 0.3) is 17.2 Å². The molecular weight excluding hydrogens is 494 g/mol. The molecule has 202 valence electrons. The maximum Gasteiger partial charge on any atom is 0.274 e. The van der Waals surface area contributed by atoms with Gasteiger partial charge >= 0.3 is 0 Å². The molecule has 9 nitrogen and oxygen atoms in total. The zero-order valence-corrected chi connectivity index (χ0v) is 22.1. The molecule has 1 amide bonds. The van der Waals surface area contributed by atoms with Crippen molar-refractivity contribution in [3.05, 3.63) is 82.3 Å². The maximum absolute atomic E-state index is 13.7. The van der Waals surface area contributed by atoms with Crippen LogP contribution in [0.5, 0.6) is 5.75 Å². The minimum absolute atomic E-state index is 0.0599. The highest BCUT2D eigenvalue weighted by Crippen LogP contribution is 2.51. The molecule has 2 aliphatic rings. The Hall–Kier alpha value is -3.98. The van der Waals surface area contributed by atoms with Crippen LogP contribution in [0, 0.1) is 0 Å². The van der Waals surface area contributed by atoms with Crippen LogP contribution < -0.4 is 15.6 Å². The first kappa shape index (κ1) is 25.3. The van der Waals surface area contributed by atoms with Crippen molar-refractivity contribution in [1.29, 1.82) is 0 Å². The van der Waals surface area contributed by atoms with Crippen molar-refractivity contribution >= 4 is 11.7 Å². The van der Waals surface area contributed by atoms with Crippen molar-refractivity contribution in [2.45, 2.75) is 62.6 Å². The Morgan fingerprint density at radius 1 is 1.00 bits per heavy atom. The number of carbonyl (C=O) groups is 1. The highest BCUT2D eigenvalue weighted by atomic mass is 16.5. The van der Waals surface area contributed by atoms with Gasteiger partial charge in [0.2, 0.25) is 0 Å². The summed E-state index contributed by atoms with van der Waals surface area (Å²) in [5.41, 5.74) is 1.13. The zero-order chi connectivity index (χ0) is 26.9. The van der Waals surface area contributed by atoms with Crippen LogP contribution in [-0.4, -0.2) is 44.7 Å². The SMILES string of the molecule is COc1ccccc1C1(CNC(=O)C2(OCc3cc(=O)n4[nH]c(-c5ccccc5)nc4n3)CCCCC2)CC1. The number of amides is 1. The molecule has 0 bridgehead atoms. The van der Waals surface area contributed by atoms with Crippen molar-refractivity contribution in [2.75, 3.05) is 13.7 Å². The maximum atomic E-state index is 13.7. The van der Waals surface area contributed by atoms with E-state index >= 15 is 0 Å². The van der Waals surface area contributed by atoms with Gasteiger partial charge in [-0.15, -0.1) is 0 Å². The quantitative estimate of drug-likeness (QED) is 0.338. The number of nitrogens with one attached hydrogen (secondary N) is 2. The summed E-state index contributed by atoms with van der Waals surface area (Å²) in [5, 5.41) is 6.24. The number of ether oxygens (including phenoxy) is 2. The lowest BCUT2D eigenvalue weighted by molar-refractivity contribution is -0.154. The van der Waals surface area contributed by atoms with Crippen molar-refractivity contribution in [2.24, 2.45) is 0 Å². The van der Waals surface area contributed by atoms with Crippen LogP contribution in [0.1, 0.15) is 56.2 Å². The number of benzene rings is 2. The molecule has 39 heavy (non-hydrogen) atoms. The summed E-state index contributed by atoms with van der Waals surface area (Å²) in [6, 6.07) is 19.0. The molecule has 2 saturated carbocycles. The Morgan fingerprint density at radius 2 is 1.74 bits per heavy atom. The lowest BCUT2D eigenvalue weighted by Crippen LogP contribution is -2.51. The first-order valence-electron chi connectivity index (χ1n) is 13.6. The van der Waals surface area contributed by atoms with E-state index in [9.17, 15) is 9.59 Å². The molecular formula is C30H33N5O4. The highest BCUT2D eigenvalue weighted by molar-refractivity contribution is 5.85. The minimum atomic E-state index is -0.942. The molecule has 2 N–H and O–H groups in total. The monoisotopic (exact) mass is 527 g/mol. The molecule has 6 rings (SSSR count). The van der Waals surface area contributed by atoms with Gasteiger partial charge in [-0.05, 0) is 31.7 Å². The summed E-state index contributed by atoms with van der Waals surface area (Å²) in [6.45, 7) is 0.600. The largest absolute Gasteiger partial charge is 0.496 e. The van der Waals surface area contributed by atoms with Gasteiger partial charge in [0, 0.05) is 29.2 Å². The number of carbonyl (C=O) groups excluding carboxylic acids is 1. The van der Waals surface area contributed by atoms with E-state index in [1.807, 2.05) is 48.5 Å². The van der Waals surface area contributed by atoms with Gasteiger partial charge < -0.3 is 14.8 Å². The Bertz CT molecular complexity index is 1530. The second kappa shape index (κ2) is 10.3. The Labute approximate surface area is 226 Å². The number of aromatic amines is 1. The number of fused-ring (bicyclic) bond motifs is 1. The number of methoxy groups -OCH3 is 1. The Kier molecular flexibility index (Phi) is 6.68. The molecule has 0 spiro atoms. The van der Waals surface area contributed by atoms with E-state index in [1.54, 1.807) is 7.11 Å². The second-order valence-corrected chi connectivity index (χ2v) is 10.7. The first-order valence-corrected chi connectivity index (χ1v) is 13.6. The smallest absolute Gasteiger partial charge is 0.274 e. The fourth-order valence-corrected chi connectivity index (χ4v) is 5.68. The third-order valence-corrected chi connectivity index (χ3v) is 8.12. The zero-order valence-electron chi connectivity index (χ0n) is 22.1. The van der Waals surface area contributed by atoms with Gasteiger partial charge in [0.05, 0.1) is 19.4 Å². The fourth-order valence-electron chi connectivity index (χ4n) is 5.68. The topological polar surface area (TPSA) is 111 Å². The van der Waals surface area contributed by atoms with Gasteiger partial charge in [-0.3, -0.25) is 14.7 Å². The summed E-state index contributed by atoms with van der Waals surface area (Å²) in [7, 11) is 1.68. The summed E-state index contributed by atoms with van der Waals surface area (Å²) >= 11 is 0. The van der Waals surface area contributed by atoms with E-state index < -0.39 is 5.60 Å². The third-order valence-electron chi connectivity index (χ3n) is 8.12. The fraction of sp³-hybridized carbons (Fsp3) is 0.400. The average molecular weight is 528 g/mol. The Morgan fingerprint density at radius 3 is 2.49 bits per heavy atom. The number of rotatable bonds is 9. The number of aromatic nitrogens is 4. The minimum Gasteiger partial charge on any atom is -0.496 e. The lowest BCUT2D eigenvalue weighted by Gasteiger charge is -2.36. The van der Waals surface area contributed by atoms with E-state index in [0.717, 1.165) is 49.0 Å². The van der Waals surface area contributed by atoms with Crippen molar-refractivity contribution < 1.29 is 14.3 Å². The van der Waals surface area contributed by atoms with E-state index in [0.29, 0.717) is 30.9 Å². The molecule has 9 heteroatoms. The number of para-hydroxylation sites is 1. The summed E-state index contributed by atoms with van der Waals surface area (Å²) < 4.78 is 13.3. The molecule has 0 radical (unpaired) electrons. The van der Waals surface area contributed by atoms with Gasteiger partial charge in [-0.2, -0.15) is 9.50 Å². The number of nitrogens with zero attached hydrogens (tertiary/aromatic N) is 3. The third kappa shape index (κ3) is 4.94. The standard InChI is InChI=1S/C30H33N5O4/c1-38-24-13-7-6-12-23(24)29(16-17-29)20-31-27(37)30(14-8-3-9-15-30)39-19-22-18-25(36)35-28(32-22)33-26(34-35)21-10-4-2-5-11-21/h2,4-7,10-13,18H,3,8-9,14-17,19-20H2,1H3,(H,31,37)(H,32,33,34). The van der Waals surface area contributed by atoms with E-state index in [-0.39, 0.29) is 29.3 Å². The normalized spacial score (nSPS) is 17.6. The van der Waals surface area contributed by atoms with Crippen molar-refractivity contribution in [1.82, 2.24) is 24.9 Å². The van der Waals surface area contributed by atoms with Gasteiger partial charge in [-0.25, -0.2) is 4.98 Å². The van der Waals surface area contributed by atoms with Crippen LogP contribution >= 0.6 is 0 Å². The summed E-state index contributed by atoms with van der Waals surface area (Å²) in [5.74, 6) is 1.60. The molecule has 0 aliphatic heterocycles. The predicted molar refractivity (Wildman–Crippen MR) is 147 cm³/mol. The number of hydrogen-bond donors (Lipinski definition) is 2. The van der Waals surface area contributed by atoms with Crippen LogP contribution in [0.2, 0.25) is 0 Å². The van der Waals surface area contributed by atoms with Crippen LogP contribution in [0.25, 0.3) is 17.2 Å². The van der Waals surface area contributed by atoms with Crippen molar-refractivity contribution in [3.8, 4) is 17.1 Å². The van der Waals surface area contributed by atoms with Gasteiger partial charge in [0.1, 0.15) is 11.4 Å². The van der Waals surface area contributed by atoms with Gasteiger partial charge in [0.15, 0.2) is 5.82 Å². The molecule has 2 aromatic heterocycles. The molecule has 2 aliphatic carbocycles. The van der Waals surface area contributed by atoms with Crippen LogP contribution in [0.3, 0.4) is 0 Å². The first-order chi connectivity index (χ1) is 19.0. The molecule has 4 aromatic rings. The van der Waals surface area contributed by atoms with E-state index in [1.165, 1.54) is 10.6 Å². The molecule has 0 atom stereocenters. The highest BCUT2D eigenvalue weighted by Gasteiger charge is 2.48. The van der Waals surface area contributed by atoms with E-state index in [2.05, 4.69) is 26.4 Å². The van der Waals surface area contributed by atoms with Crippen LogP contribution in [-0.2, 0) is 21.6 Å². The molecule has 0 saturated heterocycles. The summed E-state index contributed by atoms with van der Waals surface area (Å²) in [4.78, 5) is 35.6. The number of hydrogen-bond acceptors (Lipinski definition) is 6. The average Bonchev–Trinajstić information content (AvgIpc) is 3.65. The number of H-pyrrole nitrogens is 1. The molecule has 2 heterocycles. The Balaban J connectivity index is 1.19. The van der Waals surface area contributed by atoms with Crippen LogP contribution in [0.15, 0.2) is 65.5 Å². The molecule has 0 unspecified atom stereocenters. The van der Waals surface area contributed by atoms with Gasteiger partial charge in [-0.1, -0.05) is 67.8 Å². The lowest BCUT2D eigenvalue weighted by atomic mass is 9.83. The second-order valence-electron chi connectivity index (χ2n) is 10.7. The predicted octanol–water partition coefficient (Wildman–Crippen LogP) is 4.16. The summed E-state index contributed by atoms with van der Waals surface area (Å²) in [6.07, 6.45) is 6.20. The molecule has 2 aromatic carbocycles. The molecule has 2 fully saturated rings. The van der Waals surface area contributed by atoms with Crippen LogP contribution in [0.4, 0.5) is 0 Å². The van der Waals surface area contributed by atoms with E-state index in [4.69, 9.17) is 9.47 Å². The van der Waals surface area contributed by atoms with Crippen molar-refractivity contribution in [3.63, 3.8) is 0 Å².